The number of hydrogen-bond donors (Lipinski definition) is 2. The van der Waals surface area contributed by atoms with Crippen LogP contribution in [-0.2, 0) is 16.0 Å². The summed E-state index contributed by atoms with van der Waals surface area (Å²) >= 11 is 0. The van der Waals surface area contributed by atoms with Crippen molar-refractivity contribution in [3.05, 3.63) is 42.0 Å². The molecule has 1 amide bonds. The van der Waals surface area contributed by atoms with Gasteiger partial charge in [0.2, 0.25) is 5.91 Å². The number of carbonyl (C=O) groups is 1. The molecule has 1 aromatic carbocycles. The zero-order chi connectivity index (χ0) is 14.1. The number of nitrogens with one attached hydrogen (secondary N) is 1. The van der Waals surface area contributed by atoms with E-state index in [4.69, 9.17) is 10.5 Å². The van der Waals surface area contributed by atoms with E-state index in [1.165, 1.54) is 0 Å². The van der Waals surface area contributed by atoms with Crippen LogP contribution in [0, 0.1) is 0 Å². The van der Waals surface area contributed by atoms with E-state index in [-0.39, 0.29) is 5.91 Å². The van der Waals surface area contributed by atoms with Crippen LogP contribution in [0.3, 0.4) is 0 Å². The predicted molar refractivity (Wildman–Crippen MR) is 77.8 cm³/mol. The molecule has 0 heterocycles. The topological polar surface area (TPSA) is 64.3 Å². The van der Waals surface area contributed by atoms with E-state index in [9.17, 15) is 4.79 Å². The molecule has 0 aromatic heterocycles. The van der Waals surface area contributed by atoms with Gasteiger partial charge in [-0.3, -0.25) is 4.79 Å². The van der Waals surface area contributed by atoms with E-state index in [0.717, 1.165) is 16.8 Å². The molecule has 0 aliphatic rings. The summed E-state index contributed by atoms with van der Waals surface area (Å²) in [5.74, 6) is 0.0290. The Labute approximate surface area is 114 Å². The van der Waals surface area contributed by atoms with Gasteiger partial charge in [-0.05, 0) is 31.0 Å². The molecule has 0 aliphatic heterocycles. The second-order valence-corrected chi connectivity index (χ2v) is 4.60. The molecule has 0 radical (unpaired) electrons. The van der Waals surface area contributed by atoms with E-state index in [1.807, 2.05) is 31.2 Å². The molecule has 4 heteroatoms. The van der Waals surface area contributed by atoms with E-state index < -0.39 is 0 Å². The summed E-state index contributed by atoms with van der Waals surface area (Å²) in [6.45, 7) is 7.22. The normalized spacial score (nSPS) is 10.2. The first-order valence-corrected chi connectivity index (χ1v) is 6.41. The van der Waals surface area contributed by atoms with Crippen LogP contribution >= 0.6 is 0 Å². The zero-order valence-corrected chi connectivity index (χ0v) is 11.4. The lowest BCUT2D eigenvalue weighted by molar-refractivity contribution is -0.121. The number of ether oxygens (including phenoxy) is 1. The van der Waals surface area contributed by atoms with Gasteiger partial charge in [0.15, 0.2) is 0 Å². The summed E-state index contributed by atoms with van der Waals surface area (Å²) in [6, 6.07) is 7.60. The molecule has 0 bridgehead atoms. The number of benzene rings is 1. The van der Waals surface area contributed by atoms with Crippen LogP contribution in [0.5, 0.6) is 0 Å². The molecular formula is C15H22N2O2. The Kier molecular flexibility index (Phi) is 6.68. The fourth-order valence-corrected chi connectivity index (χ4v) is 1.60. The lowest BCUT2D eigenvalue weighted by Crippen LogP contribution is -2.27. The second kappa shape index (κ2) is 8.32. The molecule has 1 rings (SSSR count). The lowest BCUT2D eigenvalue weighted by Gasteiger charge is -2.06. The SMILES string of the molecule is C=C(C)COCCNC(=O)CCc1cccc(N)c1. The largest absolute Gasteiger partial charge is 0.399 e. The van der Waals surface area contributed by atoms with Gasteiger partial charge in [0, 0.05) is 18.7 Å². The van der Waals surface area contributed by atoms with Crippen LogP contribution < -0.4 is 11.1 Å². The van der Waals surface area contributed by atoms with Crippen molar-refractivity contribution in [1.82, 2.24) is 5.32 Å². The summed E-state index contributed by atoms with van der Waals surface area (Å²) in [6.07, 6.45) is 1.16. The van der Waals surface area contributed by atoms with Gasteiger partial charge in [-0.25, -0.2) is 0 Å². The van der Waals surface area contributed by atoms with E-state index in [0.29, 0.717) is 32.6 Å². The molecule has 3 N–H and O–H groups in total. The molecule has 19 heavy (non-hydrogen) atoms. The van der Waals surface area contributed by atoms with Crippen molar-refractivity contribution in [3.63, 3.8) is 0 Å². The van der Waals surface area contributed by atoms with E-state index >= 15 is 0 Å². The molecule has 0 aliphatic carbocycles. The number of nitrogens with two attached hydrogens (primary N) is 1. The number of hydrogen-bond acceptors (Lipinski definition) is 3. The van der Waals surface area contributed by atoms with Crippen LogP contribution in [0.4, 0.5) is 5.69 Å². The number of nitrogen functional groups attached to an aromatic ring is 1. The third-order valence-electron chi connectivity index (χ3n) is 2.51. The average Bonchev–Trinajstić information content (AvgIpc) is 2.35. The van der Waals surface area contributed by atoms with Crippen LogP contribution in [0.2, 0.25) is 0 Å². The first kappa shape index (κ1) is 15.2. The van der Waals surface area contributed by atoms with Crippen molar-refractivity contribution >= 4 is 11.6 Å². The fourth-order valence-electron chi connectivity index (χ4n) is 1.60. The number of rotatable bonds is 8. The molecule has 0 unspecified atom stereocenters. The van der Waals surface area contributed by atoms with Gasteiger partial charge in [0.05, 0.1) is 13.2 Å². The fraction of sp³-hybridized carbons (Fsp3) is 0.400. The van der Waals surface area contributed by atoms with Gasteiger partial charge in [-0.1, -0.05) is 24.3 Å². The Morgan fingerprint density at radius 1 is 1.47 bits per heavy atom. The Morgan fingerprint density at radius 2 is 2.26 bits per heavy atom. The first-order valence-electron chi connectivity index (χ1n) is 6.41. The highest BCUT2D eigenvalue weighted by molar-refractivity contribution is 5.76. The van der Waals surface area contributed by atoms with Gasteiger partial charge < -0.3 is 15.8 Å². The number of aryl methyl sites for hydroxylation is 1. The van der Waals surface area contributed by atoms with Gasteiger partial charge in [0.1, 0.15) is 0 Å². The Bertz CT molecular complexity index is 430. The summed E-state index contributed by atoms with van der Waals surface area (Å²) in [7, 11) is 0. The monoisotopic (exact) mass is 262 g/mol. The average molecular weight is 262 g/mol. The maximum Gasteiger partial charge on any atom is 0.220 e. The zero-order valence-electron chi connectivity index (χ0n) is 11.4. The lowest BCUT2D eigenvalue weighted by atomic mass is 10.1. The van der Waals surface area contributed by atoms with Crippen molar-refractivity contribution < 1.29 is 9.53 Å². The molecule has 104 valence electrons. The first-order chi connectivity index (χ1) is 9.08. The number of amides is 1. The van der Waals surface area contributed by atoms with Gasteiger partial charge >= 0.3 is 0 Å². The van der Waals surface area contributed by atoms with Gasteiger partial charge in [-0.15, -0.1) is 0 Å². The molecule has 4 nitrogen and oxygen atoms in total. The van der Waals surface area contributed by atoms with Crippen LogP contribution in [0.15, 0.2) is 36.4 Å². The number of carbonyl (C=O) groups excluding carboxylic acids is 1. The maximum atomic E-state index is 11.6. The van der Waals surface area contributed by atoms with Gasteiger partial charge in [0.25, 0.3) is 0 Å². The minimum Gasteiger partial charge on any atom is -0.399 e. The summed E-state index contributed by atoms with van der Waals surface area (Å²) in [4.78, 5) is 11.6. The number of anilines is 1. The summed E-state index contributed by atoms with van der Waals surface area (Å²) in [5, 5.41) is 2.82. The quantitative estimate of drug-likeness (QED) is 0.427. The highest BCUT2D eigenvalue weighted by Crippen LogP contribution is 2.08. The molecule has 0 fully saturated rings. The highest BCUT2D eigenvalue weighted by atomic mass is 16.5. The van der Waals surface area contributed by atoms with Crippen molar-refractivity contribution in [2.75, 3.05) is 25.5 Å². The molecule has 0 saturated carbocycles. The van der Waals surface area contributed by atoms with E-state index in [1.54, 1.807) is 0 Å². The van der Waals surface area contributed by atoms with Crippen molar-refractivity contribution in [1.29, 1.82) is 0 Å². The molecule has 0 atom stereocenters. The highest BCUT2D eigenvalue weighted by Gasteiger charge is 2.02. The Balaban J connectivity index is 2.13. The standard InChI is InChI=1S/C15H22N2O2/c1-12(2)11-19-9-8-17-15(18)7-6-13-4-3-5-14(16)10-13/h3-5,10H,1,6-9,11,16H2,2H3,(H,17,18). The maximum absolute atomic E-state index is 11.6. The Morgan fingerprint density at radius 3 is 2.95 bits per heavy atom. The third-order valence-corrected chi connectivity index (χ3v) is 2.51. The van der Waals surface area contributed by atoms with Crippen molar-refractivity contribution in [3.8, 4) is 0 Å². The molecular weight excluding hydrogens is 240 g/mol. The predicted octanol–water partition coefficient (Wildman–Crippen LogP) is 1.91. The van der Waals surface area contributed by atoms with Crippen LogP contribution in [0.1, 0.15) is 18.9 Å². The van der Waals surface area contributed by atoms with E-state index in [2.05, 4.69) is 11.9 Å². The van der Waals surface area contributed by atoms with Crippen LogP contribution in [0.25, 0.3) is 0 Å². The van der Waals surface area contributed by atoms with Crippen molar-refractivity contribution in [2.24, 2.45) is 0 Å². The van der Waals surface area contributed by atoms with Gasteiger partial charge in [-0.2, -0.15) is 0 Å². The minimum atomic E-state index is 0.0290. The van der Waals surface area contributed by atoms with Crippen molar-refractivity contribution in [2.45, 2.75) is 19.8 Å². The van der Waals surface area contributed by atoms with Crippen LogP contribution in [-0.4, -0.2) is 25.7 Å². The summed E-state index contributed by atoms with van der Waals surface area (Å²) < 4.78 is 5.29. The molecule has 0 saturated heterocycles. The third kappa shape index (κ3) is 7.26. The molecule has 1 aromatic rings. The Hall–Kier alpha value is -1.81. The minimum absolute atomic E-state index is 0.0290. The second-order valence-electron chi connectivity index (χ2n) is 4.60. The smallest absolute Gasteiger partial charge is 0.220 e. The summed E-state index contributed by atoms with van der Waals surface area (Å²) in [5.41, 5.74) is 8.46. The molecule has 0 spiro atoms.